The molecular weight excluding hydrogens is 184 g/mol. The van der Waals surface area contributed by atoms with Crippen LogP contribution in [0, 0.1) is 0 Å². The molecule has 0 amide bonds. The molecule has 0 saturated carbocycles. The number of Topliss-reactive ketones (excluding diaryl/α,β-unsaturated/α-hetero) is 1. The average Bonchev–Trinajstić information content (AvgIpc) is 2.64. The Morgan fingerprint density at radius 2 is 1.93 bits per heavy atom. The van der Waals surface area contributed by atoms with Crippen LogP contribution >= 0.6 is 0 Å². The fourth-order valence-electron chi connectivity index (χ4n) is 3.22. The van der Waals surface area contributed by atoms with Gasteiger partial charge >= 0.3 is 0 Å². The van der Waals surface area contributed by atoms with E-state index in [1.54, 1.807) is 12.5 Å². The quantitative estimate of drug-likeness (QED) is 0.636. The molecule has 0 saturated heterocycles. The molecule has 3 rings (SSSR count). The van der Waals surface area contributed by atoms with Crippen LogP contribution in [0.2, 0.25) is 0 Å². The molecule has 1 nitrogen and oxygen atoms in total. The van der Waals surface area contributed by atoms with Gasteiger partial charge in [0.15, 0.2) is 5.78 Å². The minimum absolute atomic E-state index is 0.211. The monoisotopic (exact) mass is 200 g/mol. The highest BCUT2D eigenvalue weighted by molar-refractivity contribution is 5.94. The lowest BCUT2D eigenvalue weighted by Gasteiger charge is -2.22. The van der Waals surface area contributed by atoms with Gasteiger partial charge in [0.2, 0.25) is 0 Å². The highest BCUT2D eigenvalue weighted by atomic mass is 16.1. The zero-order valence-electron chi connectivity index (χ0n) is 9.18. The van der Waals surface area contributed by atoms with Gasteiger partial charge in [-0.1, -0.05) is 0 Å². The van der Waals surface area contributed by atoms with Gasteiger partial charge in [-0.05, 0) is 73.8 Å². The topological polar surface area (TPSA) is 17.1 Å². The van der Waals surface area contributed by atoms with E-state index in [0.29, 0.717) is 0 Å². The van der Waals surface area contributed by atoms with E-state index in [0.717, 1.165) is 11.5 Å². The van der Waals surface area contributed by atoms with Crippen LogP contribution in [-0.4, -0.2) is 5.78 Å². The third kappa shape index (κ3) is 1.33. The standard InChI is InChI=1S/C14H16O/c1-9(15)13-7-11-4-2-3-10-5-6-12(8-13)14(10)11/h7-8,10H,2-6H2,1H3. The van der Waals surface area contributed by atoms with E-state index in [2.05, 4.69) is 12.1 Å². The maximum Gasteiger partial charge on any atom is 0.159 e. The second-order valence-electron chi connectivity index (χ2n) is 4.89. The third-order valence-electron chi connectivity index (χ3n) is 3.93. The minimum Gasteiger partial charge on any atom is -0.295 e. The summed E-state index contributed by atoms with van der Waals surface area (Å²) in [6.07, 6.45) is 6.34. The number of hydrogen-bond acceptors (Lipinski definition) is 1. The van der Waals surface area contributed by atoms with E-state index >= 15 is 0 Å². The van der Waals surface area contributed by atoms with Crippen LogP contribution in [0.1, 0.15) is 59.2 Å². The molecule has 0 spiro atoms. The molecule has 2 aliphatic carbocycles. The van der Waals surface area contributed by atoms with E-state index in [9.17, 15) is 4.79 Å². The lowest BCUT2D eigenvalue weighted by atomic mass is 9.83. The fourth-order valence-corrected chi connectivity index (χ4v) is 3.22. The van der Waals surface area contributed by atoms with Crippen molar-refractivity contribution < 1.29 is 4.79 Å². The normalized spacial score (nSPS) is 22.6. The summed E-state index contributed by atoms with van der Waals surface area (Å²) in [5, 5.41) is 0. The predicted octanol–water partition coefficient (Wildman–Crippen LogP) is 3.26. The Labute approximate surface area is 90.5 Å². The van der Waals surface area contributed by atoms with Crippen molar-refractivity contribution in [3.05, 3.63) is 34.4 Å². The molecule has 0 N–H and O–H groups in total. The second-order valence-corrected chi connectivity index (χ2v) is 4.89. The first-order chi connectivity index (χ1) is 7.25. The number of carbonyl (C=O) groups excluding carboxylic acids is 1. The molecule has 1 atom stereocenters. The zero-order valence-corrected chi connectivity index (χ0v) is 9.18. The molecule has 78 valence electrons. The van der Waals surface area contributed by atoms with Crippen LogP contribution in [0.25, 0.3) is 0 Å². The first-order valence-electron chi connectivity index (χ1n) is 5.92. The SMILES string of the molecule is CC(=O)c1cc2c3c(c1)CCC3CCC2. The average molecular weight is 200 g/mol. The van der Waals surface area contributed by atoms with Gasteiger partial charge in [-0.15, -0.1) is 0 Å². The molecule has 0 radical (unpaired) electrons. The van der Waals surface area contributed by atoms with Gasteiger partial charge in [0.25, 0.3) is 0 Å². The number of aryl methyl sites for hydroxylation is 2. The lowest BCUT2D eigenvalue weighted by Crippen LogP contribution is -2.08. The molecule has 0 aromatic heterocycles. The second kappa shape index (κ2) is 3.19. The summed E-state index contributed by atoms with van der Waals surface area (Å²) in [7, 11) is 0. The molecule has 1 aromatic carbocycles. The predicted molar refractivity (Wildman–Crippen MR) is 60.4 cm³/mol. The third-order valence-corrected chi connectivity index (χ3v) is 3.93. The minimum atomic E-state index is 0.211. The maximum absolute atomic E-state index is 11.4. The van der Waals surface area contributed by atoms with E-state index in [1.807, 2.05) is 0 Å². The zero-order chi connectivity index (χ0) is 10.4. The van der Waals surface area contributed by atoms with Crippen LogP contribution in [-0.2, 0) is 12.8 Å². The van der Waals surface area contributed by atoms with Crippen molar-refractivity contribution in [2.45, 2.75) is 44.9 Å². The summed E-state index contributed by atoms with van der Waals surface area (Å²) in [5.41, 5.74) is 5.45. The number of carbonyl (C=O) groups is 1. The van der Waals surface area contributed by atoms with Gasteiger partial charge < -0.3 is 0 Å². The largest absolute Gasteiger partial charge is 0.295 e. The summed E-state index contributed by atoms with van der Waals surface area (Å²) in [6.45, 7) is 1.67. The lowest BCUT2D eigenvalue weighted by molar-refractivity contribution is 0.101. The van der Waals surface area contributed by atoms with Crippen molar-refractivity contribution in [3.8, 4) is 0 Å². The number of hydrogen-bond donors (Lipinski definition) is 0. The van der Waals surface area contributed by atoms with Gasteiger partial charge in [0.1, 0.15) is 0 Å². The van der Waals surface area contributed by atoms with E-state index in [4.69, 9.17) is 0 Å². The highest BCUT2D eigenvalue weighted by Crippen LogP contribution is 2.43. The highest BCUT2D eigenvalue weighted by Gasteiger charge is 2.28. The summed E-state index contributed by atoms with van der Waals surface area (Å²) >= 11 is 0. The number of benzene rings is 1. The van der Waals surface area contributed by atoms with Crippen molar-refractivity contribution in [2.24, 2.45) is 0 Å². The van der Waals surface area contributed by atoms with Gasteiger partial charge in [-0.2, -0.15) is 0 Å². The van der Waals surface area contributed by atoms with Crippen LogP contribution in [0.4, 0.5) is 0 Å². The van der Waals surface area contributed by atoms with Gasteiger partial charge in [-0.3, -0.25) is 4.79 Å². The van der Waals surface area contributed by atoms with E-state index in [-0.39, 0.29) is 5.78 Å². The molecule has 1 heteroatoms. The summed E-state index contributed by atoms with van der Waals surface area (Å²) in [4.78, 5) is 11.4. The molecule has 1 unspecified atom stereocenters. The molecule has 0 aliphatic heterocycles. The summed E-state index contributed by atoms with van der Waals surface area (Å²) in [6, 6.07) is 4.27. The van der Waals surface area contributed by atoms with Crippen LogP contribution < -0.4 is 0 Å². The summed E-state index contributed by atoms with van der Waals surface area (Å²) < 4.78 is 0. The van der Waals surface area contributed by atoms with Crippen molar-refractivity contribution in [1.29, 1.82) is 0 Å². The molecule has 0 bridgehead atoms. The fraction of sp³-hybridized carbons (Fsp3) is 0.500. The van der Waals surface area contributed by atoms with Crippen molar-refractivity contribution in [2.75, 3.05) is 0 Å². The Kier molecular flexibility index (Phi) is 1.95. The number of ketones is 1. The Morgan fingerprint density at radius 1 is 1.20 bits per heavy atom. The Morgan fingerprint density at radius 3 is 2.67 bits per heavy atom. The first kappa shape index (κ1) is 9.14. The van der Waals surface area contributed by atoms with E-state index < -0.39 is 0 Å². The smallest absolute Gasteiger partial charge is 0.159 e. The van der Waals surface area contributed by atoms with Crippen molar-refractivity contribution in [1.82, 2.24) is 0 Å². The molecular formula is C14H16O. The molecule has 1 aromatic rings. The molecule has 0 heterocycles. The molecule has 0 fully saturated rings. The van der Waals surface area contributed by atoms with Crippen molar-refractivity contribution >= 4 is 5.78 Å². The number of rotatable bonds is 1. The van der Waals surface area contributed by atoms with Gasteiger partial charge in [0.05, 0.1) is 0 Å². The van der Waals surface area contributed by atoms with Crippen molar-refractivity contribution in [3.63, 3.8) is 0 Å². The first-order valence-corrected chi connectivity index (χ1v) is 5.92. The Balaban J connectivity index is 2.18. The molecule has 2 aliphatic rings. The van der Waals surface area contributed by atoms with Crippen LogP contribution in [0.5, 0.6) is 0 Å². The summed E-state index contributed by atoms with van der Waals surface area (Å²) in [5.74, 6) is 1.02. The van der Waals surface area contributed by atoms with Gasteiger partial charge in [-0.25, -0.2) is 0 Å². The molecule has 15 heavy (non-hydrogen) atoms. The Bertz CT molecular complexity index is 431. The van der Waals surface area contributed by atoms with Crippen LogP contribution in [0.15, 0.2) is 12.1 Å². The maximum atomic E-state index is 11.4. The van der Waals surface area contributed by atoms with Crippen LogP contribution in [0.3, 0.4) is 0 Å². The van der Waals surface area contributed by atoms with E-state index in [1.165, 1.54) is 43.2 Å². The van der Waals surface area contributed by atoms with Gasteiger partial charge in [0, 0.05) is 5.56 Å². The Hall–Kier alpha value is -1.11.